The van der Waals surface area contributed by atoms with E-state index >= 15 is 0 Å². The third kappa shape index (κ3) is 4.16. The van der Waals surface area contributed by atoms with Gasteiger partial charge in [0, 0.05) is 30.4 Å². The molecule has 130 valence electrons. The van der Waals surface area contributed by atoms with Gasteiger partial charge in [-0.2, -0.15) is 0 Å². The number of likely N-dealkylation sites (tertiary alicyclic amines) is 1. The van der Waals surface area contributed by atoms with Crippen molar-refractivity contribution in [1.29, 1.82) is 0 Å². The van der Waals surface area contributed by atoms with E-state index in [1.54, 1.807) is 35.2 Å². The standard InChI is InChI=1S/C17H18N4O3S/c18-17(24)20-13-7-8-21(10-13)16(23)11-3-5-12(6-4-11)19-15(22)14-2-1-9-25-14/h1-6,9,13H,7-8,10H2,(H,19,22)(H3,18,20,24). The quantitative estimate of drug-likeness (QED) is 0.777. The Labute approximate surface area is 148 Å². The van der Waals surface area contributed by atoms with E-state index in [-0.39, 0.29) is 17.9 Å². The number of nitrogens with one attached hydrogen (secondary N) is 2. The summed E-state index contributed by atoms with van der Waals surface area (Å²) in [4.78, 5) is 37.7. The van der Waals surface area contributed by atoms with Gasteiger partial charge in [0.25, 0.3) is 11.8 Å². The van der Waals surface area contributed by atoms with Gasteiger partial charge >= 0.3 is 6.03 Å². The Hall–Kier alpha value is -2.87. The molecule has 1 atom stereocenters. The van der Waals surface area contributed by atoms with E-state index in [0.717, 1.165) is 0 Å². The largest absolute Gasteiger partial charge is 0.352 e. The Morgan fingerprint density at radius 1 is 1.16 bits per heavy atom. The van der Waals surface area contributed by atoms with Crippen LogP contribution in [0.1, 0.15) is 26.5 Å². The van der Waals surface area contributed by atoms with Crippen LogP contribution in [0.15, 0.2) is 41.8 Å². The lowest BCUT2D eigenvalue weighted by Gasteiger charge is -2.17. The van der Waals surface area contributed by atoms with Crippen molar-refractivity contribution >= 4 is 34.9 Å². The lowest BCUT2D eigenvalue weighted by atomic mass is 10.2. The van der Waals surface area contributed by atoms with E-state index in [4.69, 9.17) is 5.73 Å². The molecule has 1 fully saturated rings. The fourth-order valence-electron chi connectivity index (χ4n) is 2.74. The van der Waals surface area contributed by atoms with Crippen molar-refractivity contribution in [3.05, 3.63) is 52.2 Å². The zero-order chi connectivity index (χ0) is 17.8. The maximum atomic E-state index is 12.5. The van der Waals surface area contributed by atoms with Crippen LogP contribution in [0.2, 0.25) is 0 Å². The van der Waals surface area contributed by atoms with Crippen molar-refractivity contribution in [3.8, 4) is 0 Å². The molecule has 7 nitrogen and oxygen atoms in total. The summed E-state index contributed by atoms with van der Waals surface area (Å²) in [5.41, 5.74) is 6.27. The molecule has 1 saturated heterocycles. The number of urea groups is 1. The lowest BCUT2D eigenvalue weighted by molar-refractivity contribution is 0.0789. The van der Waals surface area contributed by atoms with Crippen molar-refractivity contribution in [2.75, 3.05) is 18.4 Å². The molecule has 0 saturated carbocycles. The van der Waals surface area contributed by atoms with Gasteiger partial charge < -0.3 is 21.3 Å². The van der Waals surface area contributed by atoms with Crippen LogP contribution in [0.4, 0.5) is 10.5 Å². The molecule has 1 aliphatic rings. The molecular formula is C17H18N4O3S. The van der Waals surface area contributed by atoms with Crippen molar-refractivity contribution in [1.82, 2.24) is 10.2 Å². The molecule has 1 aromatic carbocycles. The predicted molar refractivity (Wildman–Crippen MR) is 95.7 cm³/mol. The van der Waals surface area contributed by atoms with Gasteiger partial charge in [-0.1, -0.05) is 6.07 Å². The van der Waals surface area contributed by atoms with Gasteiger partial charge in [-0.25, -0.2) is 4.79 Å². The van der Waals surface area contributed by atoms with Crippen LogP contribution in [0.5, 0.6) is 0 Å². The second-order valence-corrected chi connectivity index (χ2v) is 6.70. The number of nitrogens with zero attached hydrogens (tertiary/aromatic N) is 1. The second kappa shape index (κ2) is 7.35. The summed E-state index contributed by atoms with van der Waals surface area (Å²) in [6.45, 7) is 1.01. The maximum Gasteiger partial charge on any atom is 0.312 e. The summed E-state index contributed by atoms with van der Waals surface area (Å²) in [5, 5.41) is 7.25. The molecule has 0 radical (unpaired) electrons. The Morgan fingerprint density at radius 2 is 1.92 bits per heavy atom. The molecule has 1 aliphatic heterocycles. The fraction of sp³-hybridized carbons (Fsp3) is 0.235. The van der Waals surface area contributed by atoms with Crippen LogP contribution in [0.3, 0.4) is 0 Å². The molecule has 3 rings (SSSR count). The van der Waals surface area contributed by atoms with E-state index in [2.05, 4.69) is 10.6 Å². The summed E-state index contributed by atoms with van der Waals surface area (Å²) >= 11 is 1.37. The van der Waals surface area contributed by atoms with E-state index < -0.39 is 6.03 Å². The third-order valence-electron chi connectivity index (χ3n) is 3.96. The second-order valence-electron chi connectivity index (χ2n) is 5.75. The number of benzene rings is 1. The highest BCUT2D eigenvalue weighted by Gasteiger charge is 2.27. The summed E-state index contributed by atoms with van der Waals surface area (Å²) in [6, 6.07) is 9.65. The SMILES string of the molecule is NC(=O)NC1CCN(C(=O)c2ccc(NC(=O)c3cccs3)cc2)C1. The van der Waals surface area contributed by atoms with Gasteiger partial charge in [0.2, 0.25) is 0 Å². The molecule has 0 bridgehead atoms. The van der Waals surface area contributed by atoms with Gasteiger partial charge in [-0.3, -0.25) is 9.59 Å². The number of hydrogen-bond acceptors (Lipinski definition) is 4. The number of thiophene rings is 1. The summed E-state index contributed by atoms with van der Waals surface area (Å²) < 4.78 is 0. The Bertz CT molecular complexity index is 774. The van der Waals surface area contributed by atoms with Crippen molar-refractivity contribution in [2.45, 2.75) is 12.5 Å². The first kappa shape index (κ1) is 17.0. The minimum atomic E-state index is -0.579. The lowest BCUT2D eigenvalue weighted by Crippen LogP contribution is -2.41. The first-order valence-corrected chi connectivity index (χ1v) is 8.71. The predicted octanol–water partition coefficient (Wildman–Crippen LogP) is 1.88. The minimum absolute atomic E-state index is 0.106. The van der Waals surface area contributed by atoms with E-state index in [0.29, 0.717) is 35.6 Å². The number of carbonyl (C=O) groups excluding carboxylic acids is 3. The Balaban J connectivity index is 1.59. The van der Waals surface area contributed by atoms with Gasteiger partial charge in [0.1, 0.15) is 0 Å². The van der Waals surface area contributed by atoms with Crippen molar-refractivity contribution in [2.24, 2.45) is 5.73 Å². The minimum Gasteiger partial charge on any atom is -0.352 e. The highest BCUT2D eigenvalue weighted by molar-refractivity contribution is 7.12. The number of amides is 4. The Morgan fingerprint density at radius 3 is 2.56 bits per heavy atom. The summed E-state index contributed by atoms with van der Waals surface area (Å²) in [6.07, 6.45) is 0.684. The van der Waals surface area contributed by atoms with Crippen molar-refractivity contribution < 1.29 is 14.4 Å². The zero-order valence-electron chi connectivity index (χ0n) is 13.4. The average Bonchev–Trinajstić information content (AvgIpc) is 3.26. The molecule has 0 spiro atoms. The molecular weight excluding hydrogens is 340 g/mol. The monoisotopic (exact) mass is 358 g/mol. The zero-order valence-corrected chi connectivity index (χ0v) is 14.2. The van der Waals surface area contributed by atoms with Crippen LogP contribution >= 0.6 is 11.3 Å². The van der Waals surface area contributed by atoms with Gasteiger partial charge in [-0.05, 0) is 42.1 Å². The summed E-state index contributed by atoms with van der Waals surface area (Å²) in [5.74, 6) is -0.279. The highest BCUT2D eigenvalue weighted by Crippen LogP contribution is 2.17. The van der Waals surface area contributed by atoms with Crippen LogP contribution in [0.25, 0.3) is 0 Å². The van der Waals surface area contributed by atoms with Crippen LogP contribution in [0, 0.1) is 0 Å². The smallest absolute Gasteiger partial charge is 0.312 e. The van der Waals surface area contributed by atoms with E-state index in [1.807, 2.05) is 11.4 Å². The first-order chi connectivity index (χ1) is 12.0. The van der Waals surface area contributed by atoms with E-state index in [1.165, 1.54) is 11.3 Å². The topological polar surface area (TPSA) is 105 Å². The molecule has 4 N–H and O–H groups in total. The number of anilines is 1. The number of rotatable bonds is 4. The number of nitrogens with two attached hydrogens (primary N) is 1. The van der Waals surface area contributed by atoms with Gasteiger partial charge in [0.05, 0.1) is 4.88 Å². The molecule has 2 aromatic rings. The molecule has 0 aliphatic carbocycles. The molecule has 1 unspecified atom stereocenters. The maximum absolute atomic E-state index is 12.5. The van der Waals surface area contributed by atoms with Crippen LogP contribution in [-0.4, -0.2) is 41.9 Å². The Kier molecular flexibility index (Phi) is 4.99. The van der Waals surface area contributed by atoms with E-state index in [9.17, 15) is 14.4 Å². The van der Waals surface area contributed by atoms with Gasteiger partial charge in [-0.15, -0.1) is 11.3 Å². The van der Waals surface area contributed by atoms with Crippen molar-refractivity contribution in [3.63, 3.8) is 0 Å². The van der Waals surface area contributed by atoms with Crippen LogP contribution < -0.4 is 16.4 Å². The normalized spacial score (nSPS) is 16.5. The fourth-order valence-corrected chi connectivity index (χ4v) is 3.36. The van der Waals surface area contributed by atoms with Gasteiger partial charge in [0.15, 0.2) is 0 Å². The molecule has 25 heavy (non-hydrogen) atoms. The molecule has 8 heteroatoms. The summed E-state index contributed by atoms with van der Waals surface area (Å²) in [7, 11) is 0. The third-order valence-corrected chi connectivity index (χ3v) is 4.83. The highest BCUT2D eigenvalue weighted by atomic mass is 32.1. The molecule has 4 amide bonds. The number of carbonyl (C=O) groups is 3. The average molecular weight is 358 g/mol. The number of primary amides is 1. The van der Waals surface area contributed by atoms with Crippen LogP contribution in [-0.2, 0) is 0 Å². The first-order valence-electron chi connectivity index (χ1n) is 7.83. The molecule has 2 heterocycles. The number of hydrogen-bond donors (Lipinski definition) is 3. The molecule has 1 aromatic heterocycles.